The van der Waals surface area contributed by atoms with Crippen LogP contribution >= 0.6 is 0 Å². The first-order chi connectivity index (χ1) is 9.65. The predicted molar refractivity (Wildman–Crippen MR) is 73.0 cm³/mol. The van der Waals surface area contributed by atoms with Crippen LogP contribution in [0, 0.1) is 18.1 Å². The Morgan fingerprint density at radius 1 is 1.05 bits per heavy atom. The van der Waals surface area contributed by atoms with Crippen molar-refractivity contribution in [3.05, 3.63) is 65.6 Å². The van der Waals surface area contributed by atoms with Crippen LogP contribution in [-0.4, -0.2) is 14.2 Å². The molecule has 0 amide bonds. The molecule has 1 radical (unpaired) electrons. The number of hydrogen-bond donors (Lipinski definition) is 0. The number of rotatable bonds is 5. The second-order valence-electron chi connectivity index (χ2n) is 4.23. The lowest BCUT2D eigenvalue weighted by Crippen LogP contribution is -1.98. The fourth-order valence-corrected chi connectivity index (χ4v) is 1.89. The topological polar surface area (TPSA) is 18.5 Å². The summed E-state index contributed by atoms with van der Waals surface area (Å²) in [6, 6.07) is 9.47. The number of benzene rings is 2. The maximum absolute atomic E-state index is 13.9. The van der Waals surface area contributed by atoms with E-state index in [0.29, 0.717) is 16.9 Å². The zero-order valence-corrected chi connectivity index (χ0v) is 11.3. The quantitative estimate of drug-likeness (QED) is 0.828. The van der Waals surface area contributed by atoms with Gasteiger partial charge < -0.3 is 9.47 Å². The summed E-state index contributed by atoms with van der Waals surface area (Å²) in [6.07, 6.45) is 1.92. The lowest BCUT2D eigenvalue weighted by Gasteiger charge is -2.08. The maximum Gasteiger partial charge on any atom is 0.168 e. The molecule has 0 aliphatic rings. The molecule has 4 heteroatoms. The van der Waals surface area contributed by atoms with Gasteiger partial charge in [0, 0.05) is 6.07 Å². The van der Waals surface area contributed by atoms with Crippen LogP contribution in [0.5, 0.6) is 11.5 Å². The highest BCUT2D eigenvalue weighted by Crippen LogP contribution is 2.23. The molecule has 2 aromatic carbocycles. The van der Waals surface area contributed by atoms with Gasteiger partial charge in [0.05, 0.1) is 14.2 Å². The highest BCUT2D eigenvalue weighted by atomic mass is 19.1. The van der Waals surface area contributed by atoms with E-state index < -0.39 is 11.6 Å². The molecule has 0 atom stereocenters. The molecule has 20 heavy (non-hydrogen) atoms. The van der Waals surface area contributed by atoms with Gasteiger partial charge >= 0.3 is 0 Å². The van der Waals surface area contributed by atoms with Crippen molar-refractivity contribution in [1.82, 2.24) is 0 Å². The van der Waals surface area contributed by atoms with E-state index in [1.54, 1.807) is 36.8 Å². The van der Waals surface area contributed by atoms with Crippen molar-refractivity contribution >= 4 is 0 Å². The molecule has 2 aromatic rings. The summed E-state index contributed by atoms with van der Waals surface area (Å²) in [5, 5.41) is 0. The number of methoxy groups -OCH3 is 2. The van der Waals surface area contributed by atoms with Gasteiger partial charge in [-0.1, -0.05) is 18.2 Å². The molecule has 0 saturated carbocycles. The summed E-state index contributed by atoms with van der Waals surface area (Å²) in [7, 11) is 2.89. The first-order valence-electron chi connectivity index (χ1n) is 6.14. The Hall–Kier alpha value is -2.10. The number of ether oxygens (including phenoxy) is 2. The minimum absolute atomic E-state index is 0.186. The van der Waals surface area contributed by atoms with Crippen molar-refractivity contribution in [3.8, 4) is 11.5 Å². The average Bonchev–Trinajstić information content (AvgIpc) is 2.47. The molecular formula is C16H15F2O2. The zero-order chi connectivity index (χ0) is 14.5. The van der Waals surface area contributed by atoms with Crippen LogP contribution in [0.4, 0.5) is 8.78 Å². The average molecular weight is 277 g/mol. The van der Waals surface area contributed by atoms with Crippen LogP contribution in [0.3, 0.4) is 0 Å². The molecule has 2 nitrogen and oxygen atoms in total. The second-order valence-corrected chi connectivity index (χ2v) is 4.23. The molecule has 105 valence electrons. The van der Waals surface area contributed by atoms with E-state index >= 15 is 0 Å². The molecule has 0 spiro atoms. The predicted octanol–water partition coefficient (Wildman–Crippen LogP) is 3.78. The summed E-state index contributed by atoms with van der Waals surface area (Å²) in [4.78, 5) is 0. The maximum atomic E-state index is 13.9. The normalized spacial score (nSPS) is 10.4. The smallest absolute Gasteiger partial charge is 0.168 e. The highest BCUT2D eigenvalue weighted by molar-refractivity contribution is 5.37. The number of halogens is 2. The molecule has 0 heterocycles. The fourth-order valence-electron chi connectivity index (χ4n) is 1.89. The van der Waals surface area contributed by atoms with Crippen LogP contribution < -0.4 is 9.47 Å². The third-order valence-corrected chi connectivity index (χ3v) is 3.01. The van der Waals surface area contributed by atoms with Crippen molar-refractivity contribution in [3.63, 3.8) is 0 Å². The van der Waals surface area contributed by atoms with Crippen molar-refractivity contribution in [2.75, 3.05) is 14.2 Å². The van der Waals surface area contributed by atoms with E-state index in [1.807, 2.05) is 0 Å². The fraction of sp³-hybridized carbons (Fsp3) is 0.188. The van der Waals surface area contributed by atoms with Gasteiger partial charge in [0.1, 0.15) is 11.6 Å². The molecule has 0 unspecified atom stereocenters. The van der Waals surface area contributed by atoms with Crippen LogP contribution in [0.15, 0.2) is 36.4 Å². The Kier molecular flexibility index (Phi) is 4.56. The third-order valence-electron chi connectivity index (χ3n) is 3.01. The summed E-state index contributed by atoms with van der Waals surface area (Å²) >= 11 is 0. The molecule has 0 N–H and O–H groups in total. The van der Waals surface area contributed by atoms with Gasteiger partial charge in [-0.2, -0.15) is 0 Å². The third kappa shape index (κ3) is 3.07. The van der Waals surface area contributed by atoms with E-state index in [-0.39, 0.29) is 12.2 Å². The Bertz CT molecular complexity index is 597. The van der Waals surface area contributed by atoms with Gasteiger partial charge in [-0.3, -0.25) is 0 Å². The zero-order valence-electron chi connectivity index (χ0n) is 11.3. The molecule has 0 aliphatic heterocycles. The Morgan fingerprint density at radius 2 is 1.85 bits per heavy atom. The first kappa shape index (κ1) is 14.3. The van der Waals surface area contributed by atoms with E-state index in [2.05, 4.69) is 0 Å². The van der Waals surface area contributed by atoms with Gasteiger partial charge in [0.15, 0.2) is 11.6 Å². The molecule has 0 bridgehead atoms. The van der Waals surface area contributed by atoms with Crippen molar-refractivity contribution in [1.29, 1.82) is 0 Å². The second kappa shape index (κ2) is 6.37. The van der Waals surface area contributed by atoms with Crippen molar-refractivity contribution in [2.45, 2.75) is 6.42 Å². The van der Waals surface area contributed by atoms with Gasteiger partial charge in [-0.15, -0.1) is 0 Å². The minimum Gasteiger partial charge on any atom is -0.497 e. The molecule has 0 aromatic heterocycles. The van der Waals surface area contributed by atoms with E-state index in [1.165, 1.54) is 20.3 Å². The van der Waals surface area contributed by atoms with E-state index in [4.69, 9.17) is 9.47 Å². The highest BCUT2D eigenvalue weighted by Gasteiger charge is 2.10. The monoisotopic (exact) mass is 277 g/mol. The molecule has 0 fully saturated rings. The molecule has 2 rings (SSSR count). The number of hydrogen-bond acceptors (Lipinski definition) is 2. The van der Waals surface area contributed by atoms with Gasteiger partial charge in [0.25, 0.3) is 0 Å². The van der Waals surface area contributed by atoms with Crippen LogP contribution in [0.1, 0.15) is 11.1 Å². The van der Waals surface area contributed by atoms with Crippen LogP contribution in [0.2, 0.25) is 0 Å². The lowest BCUT2D eigenvalue weighted by atomic mass is 10.0. The van der Waals surface area contributed by atoms with Crippen molar-refractivity contribution < 1.29 is 18.3 Å². The first-order valence-corrected chi connectivity index (χ1v) is 6.14. The summed E-state index contributed by atoms with van der Waals surface area (Å²) in [6.45, 7) is 0. The summed E-state index contributed by atoms with van der Waals surface area (Å²) in [5.41, 5.74) is 0.868. The molecule has 0 saturated heterocycles. The van der Waals surface area contributed by atoms with Crippen LogP contribution in [0.25, 0.3) is 0 Å². The van der Waals surface area contributed by atoms with E-state index in [9.17, 15) is 8.78 Å². The standard InChI is InChI=1S/C16H15F2O2/c1-19-13-9-8-11(14(17)10-13)6-7-12-4-3-5-15(20-2)16(12)18/h3-6,8-10H,7H2,1-2H3. The Balaban J connectivity index is 2.13. The largest absolute Gasteiger partial charge is 0.497 e. The van der Waals surface area contributed by atoms with Crippen LogP contribution in [-0.2, 0) is 6.42 Å². The summed E-state index contributed by atoms with van der Waals surface area (Å²) < 4.78 is 37.5. The Morgan fingerprint density at radius 3 is 2.50 bits per heavy atom. The van der Waals surface area contributed by atoms with Gasteiger partial charge in [0.2, 0.25) is 0 Å². The lowest BCUT2D eigenvalue weighted by molar-refractivity contribution is 0.384. The van der Waals surface area contributed by atoms with Gasteiger partial charge in [-0.05, 0) is 36.1 Å². The molecular weight excluding hydrogens is 262 g/mol. The molecule has 0 aliphatic carbocycles. The van der Waals surface area contributed by atoms with Crippen molar-refractivity contribution in [2.24, 2.45) is 0 Å². The minimum atomic E-state index is -0.417. The van der Waals surface area contributed by atoms with E-state index in [0.717, 1.165) is 0 Å². The SMILES string of the molecule is COc1ccc([CH]Cc2cccc(OC)c2F)c(F)c1. The van der Waals surface area contributed by atoms with Gasteiger partial charge in [-0.25, -0.2) is 8.78 Å². The Labute approximate surface area is 117 Å². The summed E-state index contributed by atoms with van der Waals surface area (Å²) in [5.74, 6) is -0.175.